The van der Waals surface area contributed by atoms with Gasteiger partial charge in [-0.05, 0) is 29.1 Å². The number of thiophene rings is 2. The molecule has 6 heteroatoms. The summed E-state index contributed by atoms with van der Waals surface area (Å²) in [7, 11) is 0. The summed E-state index contributed by atoms with van der Waals surface area (Å²) in [5.74, 6) is -0.469. The third-order valence-corrected chi connectivity index (χ3v) is 5.33. The Morgan fingerprint density at radius 2 is 2.10 bits per heavy atom. The molecule has 0 atom stereocenters. The fraction of sp³-hybridized carbons (Fsp3) is 0. The number of nitrogens with two attached hydrogens (primary N) is 1. The van der Waals surface area contributed by atoms with E-state index in [1.54, 1.807) is 23.5 Å². The van der Waals surface area contributed by atoms with Crippen molar-refractivity contribution in [3.63, 3.8) is 0 Å². The van der Waals surface area contributed by atoms with Crippen LogP contribution in [-0.4, -0.2) is 0 Å². The molecule has 2 heterocycles. The third kappa shape index (κ3) is 2.42. The molecule has 0 radical (unpaired) electrons. The van der Waals surface area contributed by atoms with Gasteiger partial charge in [-0.25, -0.2) is 4.39 Å². The van der Waals surface area contributed by atoms with E-state index in [-0.39, 0.29) is 5.02 Å². The summed E-state index contributed by atoms with van der Waals surface area (Å²) >= 11 is 8.69. The number of rotatable bonds is 2. The van der Waals surface area contributed by atoms with Crippen molar-refractivity contribution < 1.29 is 4.39 Å². The first-order valence-electron chi connectivity index (χ1n) is 5.93. The first kappa shape index (κ1) is 14.1. The van der Waals surface area contributed by atoms with E-state index in [2.05, 4.69) is 6.07 Å². The Bertz CT molecular complexity index is 847. The van der Waals surface area contributed by atoms with Crippen LogP contribution in [-0.2, 0) is 0 Å². The SMILES string of the molecule is N#Cc1sc(-c2ccc(F)c(Cl)c2)c(-c2cccs2)c1N. The second-order valence-corrected chi connectivity index (χ2v) is 6.64. The van der Waals surface area contributed by atoms with Crippen LogP contribution in [0.3, 0.4) is 0 Å². The lowest BCUT2D eigenvalue weighted by molar-refractivity contribution is 0.628. The molecule has 21 heavy (non-hydrogen) atoms. The van der Waals surface area contributed by atoms with Crippen LogP contribution in [0.1, 0.15) is 4.88 Å². The van der Waals surface area contributed by atoms with E-state index in [4.69, 9.17) is 17.3 Å². The highest BCUT2D eigenvalue weighted by molar-refractivity contribution is 7.18. The Morgan fingerprint density at radius 1 is 1.29 bits per heavy atom. The maximum atomic E-state index is 13.3. The Kier molecular flexibility index (Phi) is 3.68. The second-order valence-electron chi connectivity index (χ2n) is 4.27. The molecule has 0 saturated heterocycles. The summed E-state index contributed by atoms with van der Waals surface area (Å²) in [6.45, 7) is 0. The zero-order valence-electron chi connectivity index (χ0n) is 10.6. The van der Waals surface area contributed by atoms with Gasteiger partial charge in [-0.2, -0.15) is 5.26 Å². The number of anilines is 1. The summed E-state index contributed by atoms with van der Waals surface area (Å²) < 4.78 is 13.3. The monoisotopic (exact) mass is 334 g/mol. The number of nitrogens with zero attached hydrogens (tertiary/aromatic N) is 1. The Hall–Kier alpha value is -1.87. The Morgan fingerprint density at radius 3 is 2.71 bits per heavy atom. The van der Waals surface area contributed by atoms with Crippen molar-refractivity contribution in [3.8, 4) is 27.0 Å². The maximum Gasteiger partial charge on any atom is 0.141 e. The van der Waals surface area contributed by atoms with Gasteiger partial charge in [-0.1, -0.05) is 23.7 Å². The molecule has 0 bridgehead atoms. The molecule has 0 unspecified atom stereocenters. The van der Waals surface area contributed by atoms with Gasteiger partial charge in [0.25, 0.3) is 0 Å². The number of halogens is 2. The number of hydrogen-bond acceptors (Lipinski definition) is 4. The highest BCUT2D eigenvalue weighted by Crippen LogP contribution is 2.46. The van der Waals surface area contributed by atoms with E-state index in [9.17, 15) is 9.65 Å². The average Bonchev–Trinajstić information content (AvgIpc) is 3.09. The molecule has 2 N–H and O–H groups in total. The fourth-order valence-corrected chi connectivity index (χ4v) is 4.10. The molecule has 0 aliphatic rings. The fourth-order valence-electron chi connectivity index (χ4n) is 2.03. The summed E-state index contributed by atoms with van der Waals surface area (Å²) in [6.07, 6.45) is 0. The topological polar surface area (TPSA) is 49.8 Å². The van der Waals surface area contributed by atoms with E-state index in [0.717, 1.165) is 20.9 Å². The number of nitrogen functional groups attached to an aromatic ring is 1. The molecular formula is C15H8ClFN2S2. The average molecular weight is 335 g/mol. The van der Waals surface area contributed by atoms with Crippen LogP contribution >= 0.6 is 34.3 Å². The van der Waals surface area contributed by atoms with Crippen LogP contribution in [0, 0.1) is 17.1 Å². The molecule has 2 nitrogen and oxygen atoms in total. The van der Waals surface area contributed by atoms with Gasteiger partial charge in [0, 0.05) is 15.3 Å². The smallest absolute Gasteiger partial charge is 0.141 e. The highest BCUT2D eigenvalue weighted by Gasteiger charge is 2.20. The van der Waals surface area contributed by atoms with Crippen molar-refractivity contribution in [2.75, 3.05) is 5.73 Å². The second kappa shape index (κ2) is 5.49. The summed E-state index contributed by atoms with van der Waals surface area (Å²) in [6, 6.07) is 10.5. The zero-order chi connectivity index (χ0) is 15.0. The minimum Gasteiger partial charge on any atom is -0.396 e. The van der Waals surface area contributed by atoms with Gasteiger partial charge in [0.2, 0.25) is 0 Å². The molecule has 3 aromatic rings. The van der Waals surface area contributed by atoms with E-state index >= 15 is 0 Å². The normalized spacial score (nSPS) is 10.5. The van der Waals surface area contributed by atoms with Gasteiger partial charge < -0.3 is 5.73 Å². The lowest BCUT2D eigenvalue weighted by atomic mass is 10.1. The van der Waals surface area contributed by atoms with E-state index in [1.165, 1.54) is 17.4 Å². The van der Waals surface area contributed by atoms with Crippen LogP contribution < -0.4 is 5.73 Å². The van der Waals surface area contributed by atoms with Gasteiger partial charge in [0.05, 0.1) is 10.7 Å². The van der Waals surface area contributed by atoms with Crippen molar-refractivity contribution in [2.24, 2.45) is 0 Å². The number of hydrogen-bond donors (Lipinski definition) is 1. The van der Waals surface area contributed by atoms with Crippen LogP contribution in [0.15, 0.2) is 35.7 Å². The quantitative estimate of drug-likeness (QED) is 0.683. The first-order valence-corrected chi connectivity index (χ1v) is 8.01. The van der Waals surface area contributed by atoms with Crippen molar-refractivity contribution >= 4 is 40.0 Å². The van der Waals surface area contributed by atoms with E-state index in [0.29, 0.717) is 10.6 Å². The van der Waals surface area contributed by atoms with Crippen LogP contribution in [0.25, 0.3) is 20.9 Å². The predicted octanol–water partition coefficient (Wildman–Crippen LogP) is 5.39. The lowest BCUT2D eigenvalue weighted by Crippen LogP contribution is -1.88. The lowest BCUT2D eigenvalue weighted by Gasteiger charge is -2.04. The maximum absolute atomic E-state index is 13.3. The minimum absolute atomic E-state index is 0.0510. The Balaban J connectivity index is 2.27. The van der Waals surface area contributed by atoms with Crippen LogP contribution in [0.2, 0.25) is 5.02 Å². The first-order chi connectivity index (χ1) is 10.1. The molecule has 104 valence electrons. The largest absolute Gasteiger partial charge is 0.396 e. The van der Waals surface area contributed by atoms with Gasteiger partial charge in [-0.15, -0.1) is 22.7 Å². The number of benzene rings is 1. The molecular weight excluding hydrogens is 327 g/mol. The standard InChI is InChI=1S/C15H8ClFN2S2/c16-9-6-8(3-4-10(9)17)15-13(11-2-1-5-20-11)14(19)12(7-18)21-15/h1-6H,19H2. The molecule has 2 aromatic heterocycles. The van der Waals surface area contributed by atoms with Gasteiger partial charge in [0.15, 0.2) is 0 Å². The number of nitriles is 1. The van der Waals surface area contributed by atoms with Crippen molar-refractivity contribution in [3.05, 3.63) is 51.4 Å². The van der Waals surface area contributed by atoms with Crippen molar-refractivity contribution in [2.45, 2.75) is 0 Å². The third-order valence-electron chi connectivity index (χ3n) is 3.00. The minimum atomic E-state index is -0.469. The molecule has 1 aromatic carbocycles. The van der Waals surface area contributed by atoms with Crippen molar-refractivity contribution in [1.29, 1.82) is 5.26 Å². The van der Waals surface area contributed by atoms with Crippen LogP contribution in [0.5, 0.6) is 0 Å². The van der Waals surface area contributed by atoms with Gasteiger partial charge >= 0.3 is 0 Å². The molecule has 0 saturated carbocycles. The highest BCUT2D eigenvalue weighted by atomic mass is 35.5. The molecule has 0 amide bonds. The van der Waals surface area contributed by atoms with E-state index < -0.39 is 5.82 Å². The molecule has 3 rings (SSSR count). The molecule has 0 aliphatic heterocycles. The van der Waals surface area contributed by atoms with Gasteiger partial charge in [-0.3, -0.25) is 0 Å². The molecule has 0 fully saturated rings. The van der Waals surface area contributed by atoms with Crippen molar-refractivity contribution in [1.82, 2.24) is 0 Å². The predicted molar refractivity (Wildman–Crippen MR) is 87.2 cm³/mol. The molecule has 0 aliphatic carbocycles. The van der Waals surface area contributed by atoms with E-state index in [1.807, 2.05) is 17.5 Å². The van der Waals surface area contributed by atoms with Crippen LogP contribution in [0.4, 0.5) is 10.1 Å². The summed E-state index contributed by atoms with van der Waals surface area (Å²) in [4.78, 5) is 2.25. The summed E-state index contributed by atoms with van der Waals surface area (Å²) in [5.41, 5.74) is 8.12. The molecule has 0 spiro atoms. The Labute approximate surface area is 133 Å². The summed E-state index contributed by atoms with van der Waals surface area (Å²) in [5, 5.41) is 11.2. The zero-order valence-corrected chi connectivity index (χ0v) is 13.0. The van der Waals surface area contributed by atoms with Gasteiger partial charge in [0.1, 0.15) is 16.8 Å².